The minimum atomic E-state index is -2.87. The number of carbonyl (C=O) groups excluding carboxylic acids is 1. The summed E-state index contributed by atoms with van der Waals surface area (Å²) in [6.45, 7) is 1.93. The molecule has 1 fully saturated rings. The van der Waals surface area contributed by atoms with Crippen LogP contribution in [0.25, 0.3) is 0 Å². The molecule has 0 aliphatic carbocycles. The van der Waals surface area contributed by atoms with Crippen molar-refractivity contribution < 1.29 is 18.3 Å². The van der Waals surface area contributed by atoms with Gasteiger partial charge in [-0.1, -0.05) is 0 Å². The van der Waals surface area contributed by atoms with Crippen molar-refractivity contribution in [1.82, 2.24) is 4.90 Å². The van der Waals surface area contributed by atoms with Crippen molar-refractivity contribution in [2.45, 2.75) is 24.7 Å². The predicted octanol–water partition coefficient (Wildman–Crippen LogP) is -0.254. The number of likely N-dealkylation sites (N-methyl/N-ethyl adjacent to an activating group) is 1. The van der Waals surface area contributed by atoms with Crippen molar-refractivity contribution in [1.29, 1.82) is 0 Å². The largest absolute Gasteiger partial charge is 0.392 e. The third kappa shape index (κ3) is 5.27. The zero-order chi connectivity index (χ0) is 13.1. The molecule has 1 aliphatic rings. The molecule has 1 amide bonds. The first-order valence-electron chi connectivity index (χ1n) is 5.54. The van der Waals surface area contributed by atoms with E-state index in [4.69, 9.17) is 5.11 Å². The molecule has 2 atom stereocenters. The van der Waals surface area contributed by atoms with Crippen LogP contribution in [-0.4, -0.2) is 66.5 Å². The minimum Gasteiger partial charge on any atom is -0.392 e. The van der Waals surface area contributed by atoms with E-state index in [1.807, 2.05) is 0 Å². The van der Waals surface area contributed by atoms with Crippen LogP contribution in [0, 0.1) is 0 Å². The van der Waals surface area contributed by atoms with Crippen molar-refractivity contribution in [2.75, 3.05) is 30.9 Å². The van der Waals surface area contributed by atoms with E-state index in [2.05, 4.69) is 0 Å². The highest BCUT2D eigenvalue weighted by atomic mass is 32.2. The molecule has 0 aromatic rings. The molecule has 17 heavy (non-hydrogen) atoms. The quantitative estimate of drug-likeness (QED) is 0.752. The molecule has 0 saturated carbocycles. The van der Waals surface area contributed by atoms with Gasteiger partial charge < -0.3 is 10.0 Å². The Balaban J connectivity index is 2.29. The molecule has 1 aliphatic heterocycles. The third-order valence-corrected chi connectivity index (χ3v) is 5.86. The number of thioether (sulfide) groups is 1. The number of rotatable bonds is 5. The van der Waals surface area contributed by atoms with E-state index in [1.54, 1.807) is 14.0 Å². The lowest BCUT2D eigenvalue weighted by molar-refractivity contribution is -0.128. The second-order valence-corrected chi connectivity index (χ2v) is 7.98. The van der Waals surface area contributed by atoms with Crippen LogP contribution < -0.4 is 0 Å². The minimum absolute atomic E-state index is 0.0453. The number of nitrogens with zero attached hydrogens (tertiary/aromatic N) is 1. The maximum Gasteiger partial charge on any atom is 0.232 e. The summed E-state index contributed by atoms with van der Waals surface area (Å²) in [5, 5.41) is 9.19. The first-order valence-corrected chi connectivity index (χ1v) is 8.41. The van der Waals surface area contributed by atoms with Crippen molar-refractivity contribution in [3.05, 3.63) is 0 Å². The van der Waals surface area contributed by atoms with Gasteiger partial charge in [-0.15, -0.1) is 11.8 Å². The summed E-state index contributed by atoms with van der Waals surface area (Å²) in [6, 6.07) is 0. The van der Waals surface area contributed by atoms with Crippen molar-refractivity contribution >= 4 is 27.5 Å². The van der Waals surface area contributed by atoms with Crippen molar-refractivity contribution in [2.24, 2.45) is 0 Å². The Labute approximate surface area is 106 Å². The standard InChI is InChI=1S/C10H19NO4S2/c1-8(12)5-11(2)10(13)6-16-9-3-4-17(14,15)7-9/h8-9,12H,3-7H2,1-2H3. The molecule has 2 unspecified atom stereocenters. The summed E-state index contributed by atoms with van der Waals surface area (Å²) in [7, 11) is -1.23. The molecule has 0 aromatic heterocycles. The molecule has 1 saturated heterocycles. The van der Waals surface area contributed by atoms with Crippen LogP contribution in [0.3, 0.4) is 0 Å². The molecule has 0 bridgehead atoms. The predicted molar refractivity (Wildman–Crippen MR) is 68.8 cm³/mol. The number of carbonyl (C=O) groups is 1. The van der Waals surface area contributed by atoms with Gasteiger partial charge in [0.2, 0.25) is 5.91 Å². The normalized spacial score (nSPS) is 24.5. The summed E-state index contributed by atoms with van der Waals surface area (Å²) >= 11 is 1.40. The van der Waals surface area contributed by atoms with Gasteiger partial charge in [-0.05, 0) is 13.3 Å². The smallest absolute Gasteiger partial charge is 0.232 e. The average molecular weight is 281 g/mol. The number of amides is 1. The van der Waals surface area contributed by atoms with Crippen LogP contribution in [0.1, 0.15) is 13.3 Å². The number of aliphatic hydroxyl groups is 1. The van der Waals surface area contributed by atoms with E-state index in [0.29, 0.717) is 13.0 Å². The second-order valence-electron chi connectivity index (χ2n) is 4.46. The highest BCUT2D eigenvalue weighted by Gasteiger charge is 2.28. The fraction of sp³-hybridized carbons (Fsp3) is 0.900. The molecular formula is C10H19NO4S2. The van der Waals surface area contributed by atoms with Crippen LogP contribution >= 0.6 is 11.8 Å². The van der Waals surface area contributed by atoms with Gasteiger partial charge in [-0.2, -0.15) is 0 Å². The van der Waals surface area contributed by atoms with E-state index in [0.717, 1.165) is 0 Å². The highest BCUT2D eigenvalue weighted by molar-refractivity contribution is 8.02. The molecule has 100 valence electrons. The number of hydrogen-bond acceptors (Lipinski definition) is 5. The Morgan fingerprint density at radius 2 is 2.24 bits per heavy atom. The molecule has 1 heterocycles. The second kappa shape index (κ2) is 6.06. The van der Waals surface area contributed by atoms with Crippen LogP contribution in [0.15, 0.2) is 0 Å². The lowest BCUT2D eigenvalue weighted by Crippen LogP contribution is -2.34. The molecule has 1 N–H and O–H groups in total. The summed E-state index contributed by atoms with van der Waals surface area (Å²) < 4.78 is 22.4. The lowest BCUT2D eigenvalue weighted by Gasteiger charge is -2.19. The Morgan fingerprint density at radius 1 is 1.59 bits per heavy atom. The Bertz CT molecular complexity index is 367. The van der Waals surface area contributed by atoms with E-state index < -0.39 is 15.9 Å². The van der Waals surface area contributed by atoms with Crippen molar-refractivity contribution in [3.8, 4) is 0 Å². The van der Waals surface area contributed by atoms with Crippen LogP contribution in [0.2, 0.25) is 0 Å². The first-order chi connectivity index (χ1) is 7.80. The van der Waals surface area contributed by atoms with Crippen molar-refractivity contribution in [3.63, 3.8) is 0 Å². The molecule has 0 radical (unpaired) electrons. The molecule has 0 aromatic carbocycles. The van der Waals surface area contributed by atoms with Gasteiger partial charge in [-0.25, -0.2) is 8.42 Å². The van der Waals surface area contributed by atoms with Gasteiger partial charge in [-0.3, -0.25) is 4.79 Å². The third-order valence-electron chi connectivity index (χ3n) is 2.60. The Hall–Kier alpha value is -0.270. The Kier molecular flexibility index (Phi) is 5.27. The summed E-state index contributed by atoms with van der Waals surface area (Å²) in [5.74, 6) is 0.636. The van der Waals surface area contributed by atoms with Gasteiger partial charge in [0.15, 0.2) is 9.84 Å². The summed E-state index contributed by atoms with van der Waals surface area (Å²) in [5.41, 5.74) is 0. The lowest BCUT2D eigenvalue weighted by atomic mass is 10.4. The maximum atomic E-state index is 11.6. The molecule has 1 rings (SSSR count). The summed E-state index contributed by atoms with van der Waals surface area (Å²) in [6.07, 6.45) is 0.0984. The molecular weight excluding hydrogens is 262 g/mol. The van der Waals surface area contributed by atoms with Crippen LogP contribution in [0.4, 0.5) is 0 Å². The highest BCUT2D eigenvalue weighted by Crippen LogP contribution is 2.24. The van der Waals surface area contributed by atoms with Gasteiger partial charge in [0, 0.05) is 18.8 Å². The zero-order valence-corrected chi connectivity index (χ0v) is 11.8. The van der Waals surface area contributed by atoms with Gasteiger partial charge in [0.05, 0.1) is 23.4 Å². The number of aliphatic hydroxyl groups excluding tert-OH is 1. The Morgan fingerprint density at radius 3 is 2.71 bits per heavy atom. The van der Waals surface area contributed by atoms with E-state index in [1.165, 1.54) is 16.7 Å². The molecule has 7 heteroatoms. The topological polar surface area (TPSA) is 74.7 Å². The first kappa shape index (κ1) is 14.8. The van der Waals surface area contributed by atoms with Crippen LogP contribution in [0.5, 0.6) is 0 Å². The SMILES string of the molecule is CC(O)CN(C)C(=O)CSC1CCS(=O)(=O)C1. The number of sulfone groups is 1. The molecule has 5 nitrogen and oxygen atoms in total. The van der Waals surface area contributed by atoms with Gasteiger partial charge >= 0.3 is 0 Å². The van der Waals surface area contributed by atoms with E-state index in [9.17, 15) is 13.2 Å². The zero-order valence-electron chi connectivity index (χ0n) is 10.1. The van der Waals surface area contributed by atoms with Crippen LogP contribution in [-0.2, 0) is 14.6 Å². The number of hydrogen-bond donors (Lipinski definition) is 1. The van der Waals surface area contributed by atoms with E-state index in [-0.39, 0.29) is 28.4 Å². The average Bonchev–Trinajstić information content (AvgIpc) is 2.53. The fourth-order valence-electron chi connectivity index (χ4n) is 1.69. The molecule has 0 spiro atoms. The maximum absolute atomic E-state index is 11.6. The fourth-order valence-corrected chi connectivity index (χ4v) is 5.27. The van der Waals surface area contributed by atoms with Gasteiger partial charge in [0.25, 0.3) is 0 Å². The monoisotopic (exact) mass is 281 g/mol. The van der Waals surface area contributed by atoms with Gasteiger partial charge in [0.1, 0.15) is 0 Å². The summed E-state index contributed by atoms with van der Waals surface area (Å²) in [4.78, 5) is 13.1. The van der Waals surface area contributed by atoms with E-state index >= 15 is 0 Å².